The third-order valence-corrected chi connectivity index (χ3v) is 3.96. The van der Waals surface area contributed by atoms with Crippen LogP contribution in [-0.2, 0) is 6.42 Å². The Morgan fingerprint density at radius 3 is 2.76 bits per heavy atom. The second kappa shape index (κ2) is 5.34. The van der Waals surface area contributed by atoms with Crippen molar-refractivity contribution in [3.8, 4) is 0 Å². The lowest BCUT2D eigenvalue weighted by molar-refractivity contribution is 0.343. The van der Waals surface area contributed by atoms with Gasteiger partial charge in [0.05, 0.1) is 5.02 Å². The molecule has 0 amide bonds. The van der Waals surface area contributed by atoms with Crippen LogP contribution in [0.4, 0.5) is 4.39 Å². The van der Waals surface area contributed by atoms with Gasteiger partial charge >= 0.3 is 0 Å². The van der Waals surface area contributed by atoms with Crippen LogP contribution in [0.2, 0.25) is 5.02 Å². The average Bonchev–Trinajstić information content (AvgIpc) is 3.13. The lowest BCUT2D eigenvalue weighted by atomic mass is 9.92. The predicted molar refractivity (Wildman–Crippen MR) is 68.1 cm³/mol. The normalized spacial score (nSPS) is 19.1. The van der Waals surface area contributed by atoms with Crippen molar-refractivity contribution >= 4 is 11.6 Å². The molecule has 3 N–H and O–H groups in total. The number of nitrogens with two attached hydrogens (primary N) is 1. The van der Waals surface area contributed by atoms with Crippen molar-refractivity contribution in [3.05, 3.63) is 34.6 Å². The van der Waals surface area contributed by atoms with Crippen molar-refractivity contribution in [2.75, 3.05) is 0 Å². The molecule has 1 fully saturated rings. The lowest BCUT2D eigenvalue weighted by Crippen LogP contribution is -2.42. The molecular weight excluding hydrogens is 239 g/mol. The zero-order chi connectivity index (χ0) is 12.4. The van der Waals surface area contributed by atoms with Crippen molar-refractivity contribution in [1.82, 2.24) is 5.43 Å². The topological polar surface area (TPSA) is 38.0 Å². The summed E-state index contributed by atoms with van der Waals surface area (Å²) in [5.74, 6) is 6.52. The number of hydrazine groups is 1. The molecule has 17 heavy (non-hydrogen) atoms. The van der Waals surface area contributed by atoms with Gasteiger partial charge in [-0.2, -0.15) is 0 Å². The highest BCUT2D eigenvalue weighted by Gasteiger charge is 2.32. The van der Waals surface area contributed by atoms with Gasteiger partial charge in [-0.25, -0.2) is 4.39 Å². The molecule has 0 bridgehead atoms. The highest BCUT2D eigenvalue weighted by Crippen LogP contribution is 2.38. The van der Waals surface area contributed by atoms with Gasteiger partial charge in [0.25, 0.3) is 0 Å². The smallest absolute Gasteiger partial charge is 0.142 e. The molecule has 4 heteroatoms. The molecule has 2 nitrogen and oxygen atoms in total. The van der Waals surface area contributed by atoms with E-state index in [0.717, 1.165) is 17.9 Å². The van der Waals surface area contributed by atoms with E-state index in [9.17, 15) is 4.39 Å². The summed E-state index contributed by atoms with van der Waals surface area (Å²) >= 11 is 5.66. The maximum Gasteiger partial charge on any atom is 0.142 e. The van der Waals surface area contributed by atoms with Gasteiger partial charge in [-0.3, -0.25) is 11.3 Å². The van der Waals surface area contributed by atoms with E-state index in [1.807, 2.05) is 6.07 Å². The summed E-state index contributed by atoms with van der Waals surface area (Å²) < 4.78 is 13.3. The first-order valence-corrected chi connectivity index (χ1v) is 6.39. The van der Waals surface area contributed by atoms with Crippen LogP contribution in [0.1, 0.15) is 25.3 Å². The Labute approximate surface area is 106 Å². The van der Waals surface area contributed by atoms with Crippen LogP contribution in [0.3, 0.4) is 0 Å². The van der Waals surface area contributed by atoms with E-state index in [-0.39, 0.29) is 16.9 Å². The van der Waals surface area contributed by atoms with Gasteiger partial charge in [-0.15, -0.1) is 0 Å². The van der Waals surface area contributed by atoms with E-state index in [2.05, 4.69) is 12.3 Å². The van der Waals surface area contributed by atoms with Gasteiger partial charge in [0.1, 0.15) is 5.82 Å². The minimum absolute atomic E-state index is 0.168. The molecule has 0 heterocycles. The molecule has 1 aliphatic rings. The van der Waals surface area contributed by atoms with E-state index >= 15 is 0 Å². The van der Waals surface area contributed by atoms with Gasteiger partial charge in [0.15, 0.2) is 0 Å². The Morgan fingerprint density at radius 1 is 1.53 bits per heavy atom. The largest absolute Gasteiger partial charge is 0.271 e. The minimum Gasteiger partial charge on any atom is -0.271 e. The zero-order valence-corrected chi connectivity index (χ0v) is 10.7. The summed E-state index contributed by atoms with van der Waals surface area (Å²) in [6, 6.07) is 5.14. The van der Waals surface area contributed by atoms with Crippen LogP contribution in [-0.4, -0.2) is 6.04 Å². The number of hydrogen-bond donors (Lipinski definition) is 2. The molecule has 1 aromatic rings. The first-order chi connectivity index (χ1) is 8.11. The average molecular weight is 257 g/mol. The number of benzene rings is 1. The van der Waals surface area contributed by atoms with Crippen LogP contribution < -0.4 is 11.3 Å². The Kier molecular flexibility index (Phi) is 4.02. The fourth-order valence-electron chi connectivity index (χ4n) is 2.27. The van der Waals surface area contributed by atoms with Crippen molar-refractivity contribution in [2.45, 2.75) is 32.2 Å². The van der Waals surface area contributed by atoms with Crippen LogP contribution in [0.15, 0.2) is 18.2 Å². The number of rotatable bonds is 5. The van der Waals surface area contributed by atoms with Crippen LogP contribution in [0.25, 0.3) is 0 Å². The van der Waals surface area contributed by atoms with E-state index < -0.39 is 0 Å². The molecule has 94 valence electrons. The number of nitrogens with one attached hydrogen (secondary N) is 1. The standard InChI is InChI=1S/C13H18ClFN2/c1-8(10-3-4-10)13(17-16)7-9-2-5-11(14)12(15)6-9/h2,5-6,8,10,13,17H,3-4,7,16H2,1H3. The molecular formula is C13H18ClFN2. The van der Waals surface area contributed by atoms with Crippen molar-refractivity contribution in [3.63, 3.8) is 0 Å². The maximum absolute atomic E-state index is 13.3. The summed E-state index contributed by atoms with van der Waals surface area (Å²) in [6.07, 6.45) is 3.31. The number of hydrogen-bond acceptors (Lipinski definition) is 2. The Hall–Kier alpha value is -0.640. The Bertz CT molecular complexity index is 393. The molecule has 0 aromatic heterocycles. The molecule has 2 atom stereocenters. The monoisotopic (exact) mass is 256 g/mol. The predicted octanol–water partition coefficient (Wildman–Crippen LogP) is 2.90. The van der Waals surface area contributed by atoms with Crippen molar-refractivity contribution in [1.29, 1.82) is 0 Å². The third-order valence-electron chi connectivity index (χ3n) is 3.65. The molecule has 0 aliphatic heterocycles. The number of halogens is 2. The highest BCUT2D eigenvalue weighted by molar-refractivity contribution is 6.30. The van der Waals surface area contributed by atoms with Gasteiger partial charge in [0.2, 0.25) is 0 Å². The molecule has 0 saturated heterocycles. The van der Waals surface area contributed by atoms with Crippen LogP contribution in [0.5, 0.6) is 0 Å². The summed E-state index contributed by atoms with van der Waals surface area (Å²) in [7, 11) is 0. The second-order valence-corrected chi connectivity index (χ2v) is 5.33. The lowest BCUT2D eigenvalue weighted by Gasteiger charge is -2.23. The van der Waals surface area contributed by atoms with E-state index in [1.54, 1.807) is 6.07 Å². The maximum atomic E-state index is 13.3. The Morgan fingerprint density at radius 2 is 2.24 bits per heavy atom. The van der Waals surface area contributed by atoms with E-state index in [0.29, 0.717) is 5.92 Å². The van der Waals surface area contributed by atoms with Crippen molar-refractivity contribution < 1.29 is 4.39 Å². The van der Waals surface area contributed by atoms with Gasteiger partial charge in [-0.05, 0) is 48.8 Å². The zero-order valence-electron chi connectivity index (χ0n) is 9.92. The summed E-state index contributed by atoms with van der Waals surface area (Å²) in [6.45, 7) is 2.20. The molecule has 1 aromatic carbocycles. The van der Waals surface area contributed by atoms with E-state index in [4.69, 9.17) is 17.4 Å². The first kappa shape index (κ1) is 12.8. The van der Waals surface area contributed by atoms with Gasteiger partial charge in [0, 0.05) is 6.04 Å². The summed E-state index contributed by atoms with van der Waals surface area (Å²) in [4.78, 5) is 0. The summed E-state index contributed by atoms with van der Waals surface area (Å²) in [5, 5.41) is 0.168. The summed E-state index contributed by atoms with van der Waals surface area (Å²) in [5.41, 5.74) is 3.78. The minimum atomic E-state index is -0.362. The molecule has 1 saturated carbocycles. The highest BCUT2D eigenvalue weighted by atomic mass is 35.5. The first-order valence-electron chi connectivity index (χ1n) is 6.02. The Balaban J connectivity index is 2.04. The van der Waals surface area contributed by atoms with Crippen LogP contribution in [0, 0.1) is 17.7 Å². The van der Waals surface area contributed by atoms with Gasteiger partial charge in [-0.1, -0.05) is 24.6 Å². The molecule has 2 rings (SSSR count). The molecule has 0 radical (unpaired) electrons. The molecule has 2 unspecified atom stereocenters. The van der Waals surface area contributed by atoms with E-state index in [1.165, 1.54) is 18.9 Å². The SMILES string of the molecule is CC(C1CC1)C(Cc1ccc(Cl)c(F)c1)NN. The third kappa shape index (κ3) is 3.18. The fraction of sp³-hybridized carbons (Fsp3) is 0.538. The quantitative estimate of drug-likeness (QED) is 0.628. The fourth-order valence-corrected chi connectivity index (χ4v) is 2.39. The molecule has 0 spiro atoms. The molecule has 1 aliphatic carbocycles. The second-order valence-electron chi connectivity index (χ2n) is 4.92. The van der Waals surface area contributed by atoms with Gasteiger partial charge < -0.3 is 0 Å². The van der Waals surface area contributed by atoms with Crippen LogP contribution >= 0.6 is 11.6 Å². The van der Waals surface area contributed by atoms with Crippen molar-refractivity contribution in [2.24, 2.45) is 17.7 Å².